The summed E-state index contributed by atoms with van der Waals surface area (Å²) in [6.07, 6.45) is 5.35. The molecular weight excluding hydrogens is 476 g/mol. The SMILES string of the molecule is C=CC(=C)N1CCN(C(=O)c2cc(Sc3cnc(Nc4ncc(C)nc4C)s3)c(C)cc2C)CC1. The quantitative estimate of drug-likeness (QED) is 0.423. The van der Waals surface area contributed by atoms with Gasteiger partial charge in [-0.1, -0.05) is 42.3 Å². The molecule has 0 unspecified atom stereocenters. The van der Waals surface area contributed by atoms with Crippen LogP contribution in [0.1, 0.15) is 32.9 Å². The van der Waals surface area contributed by atoms with E-state index in [1.54, 1.807) is 35.4 Å². The van der Waals surface area contributed by atoms with Gasteiger partial charge in [0.05, 0.1) is 28.0 Å². The van der Waals surface area contributed by atoms with E-state index in [9.17, 15) is 4.79 Å². The highest BCUT2D eigenvalue weighted by atomic mass is 32.2. The van der Waals surface area contributed by atoms with Gasteiger partial charge in [-0.15, -0.1) is 0 Å². The Kier molecular flexibility index (Phi) is 7.57. The number of allylic oxidation sites excluding steroid dienone is 1. The lowest BCUT2D eigenvalue weighted by Crippen LogP contribution is -2.48. The molecular formula is C26H30N6OS2. The third-order valence-corrected chi connectivity index (χ3v) is 8.12. The topological polar surface area (TPSA) is 74.2 Å². The Morgan fingerprint density at radius 1 is 1.06 bits per heavy atom. The van der Waals surface area contributed by atoms with Crippen LogP contribution in [0.3, 0.4) is 0 Å². The zero-order chi connectivity index (χ0) is 25.1. The van der Waals surface area contributed by atoms with Gasteiger partial charge in [0.15, 0.2) is 10.9 Å². The number of benzene rings is 1. The normalized spacial score (nSPS) is 13.6. The number of rotatable bonds is 7. The maximum absolute atomic E-state index is 13.4. The number of aryl methyl sites for hydroxylation is 4. The first-order chi connectivity index (χ1) is 16.7. The van der Waals surface area contributed by atoms with Gasteiger partial charge >= 0.3 is 0 Å². The molecule has 1 aromatic carbocycles. The maximum Gasteiger partial charge on any atom is 0.254 e. The van der Waals surface area contributed by atoms with Gasteiger partial charge < -0.3 is 15.1 Å². The lowest BCUT2D eigenvalue weighted by molar-refractivity contribution is 0.0672. The number of piperazine rings is 1. The predicted molar refractivity (Wildman–Crippen MR) is 144 cm³/mol. The van der Waals surface area contributed by atoms with Crippen LogP contribution in [0.25, 0.3) is 0 Å². The average molecular weight is 507 g/mol. The summed E-state index contributed by atoms with van der Waals surface area (Å²) in [5.41, 5.74) is 5.51. The van der Waals surface area contributed by atoms with Crippen molar-refractivity contribution in [2.24, 2.45) is 0 Å². The first-order valence-corrected chi connectivity index (χ1v) is 13.1. The molecule has 1 N–H and O–H groups in total. The zero-order valence-corrected chi connectivity index (χ0v) is 22.2. The van der Waals surface area contributed by atoms with Crippen molar-refractivity contribution in [2.75, 3.05) is 31.5 Å². The van der Waals surface area contributed by atoms with E-state index in [2.05, 4.69) is 51.3 Å². The van der Waals surface area contributed by atoms with Crippen molar-refractivity contribution in [2.45, 2.75) is 36.8 Å². The minimum absolute atomic E-state index is 0.0771. The van der Waals surface area contributed by atoms with E-state index in [0.717, 1.165) is 61.1 Å². The number of amides is 1. The molecule has 9 heteroatoms. The van der Waals surface area contributed by atoms with E-state index >= 15 is 0 Å². The molecule has 35 heavy (non-hydrogen) atoms. The Labute approximate surface area is 215 Å². The van der Waals surface area contributed by atoms with Crippen molar-refractivity contribution >= 4 is 40.0 Å². The number of aromatic nitrogens is 3. The van der Waals surface area contributed by atoms with Gasteiger partial charge in [-0.3, -0.25) is 9.78 Å². The molecule has 0 spiro atoms. The van der Waals surface area contributed by atoms with E-state index in [-0.39, 0.29) is 5.91 Å². The Hall–Kier alpha value is -3.17. The van der Waals surface area contributed by atoms with Crippen LogP contribution in [-0.4, -0.2) is 56.8 Å². The number of carbonyl (C=O) groups is 1. The second kappa shape index (κ2) is 10.6. The van der Waals surface area contributed by atoms with Gasteiger partial charge in [0.1, 0.15) is 0 Å². The highest BCUT2D eigenvalue weighted by Crippen LogP contribution is 2.37. The van der Waals surface area contributed by atoms with Crippen molar-refractivity contribution in [3.63, 3.8) is 0 Å². The van der Waals surface area contributed by atoms with Crippen LogP contribution in [0.2, 0.25) is 0 Å². The van der Waals surface area contributed by atoms with Crippen molar-refractivity contribution in [1.82, 2.24) is 24.8 Å². The lowest BCUT2D eigenvalue weighted by atomic mass is 10.0. The molecule has 3 aromatic rings. The molecule has 1 aliphatic rings. The molecule has 0 aliphatic carbocycles. The number of hydrogen-bond donors (Lipinski definition) is 1. The molecule has 0 bridgehead atoms. The van der Waals surface area contributed by atoms with Crippen LogP contribution < -0.4 is 5.32 Å². The fourth-order valence-electron chi connectivity index (χ4n) is 3.96. The van der Waals surface area contributed by atoms with Crippen molar-refractivity contribution in [3.8, 4) is 0 Å². The summed E-state index contributed by atoms with van der Waals surface area (Å²) in [7, 11) is 0. The van der Waals surface area contributed by atoms with Crippen molar-refractivity contribution < 1.29 is 4.79 Å². The molecule has 2 aromatic heterocycles. The minimum atomic E-state index is 0.0771. The zero-order valence-electron chi connectivity index (χ0n) is 20.6. The fourth-order valence-corrected chi connectivity index (χ4v) is 5.90. The third-order valence-electron chi connectivity index (χ3n) is 5.95. The van der Waals surface area contributed by atoms with Crippen LogP contribution in [0.5, 0.6) is 0 Å². The smallest absolute Gasteiger partial charge is 0.254 e. The Bertz CT molecular complexity index is 1280. The average Bonchev–Trinajstić information content (AvgIpc) is 3.28. The molecule has 4 rings (SSSR count). The maximum atomic E-state index is 13.4. The summed E-state index contributed by atoms with van der Waals surface area (Å²) in [6.45, 7) is 18.6. The standard InChI is InChI=1S/C26H30N6OS2/c1-7-19(5)31-8-10-32(11-9-31)25(33)21-13-22(17(3)12-16(21)2)34-23-15-28-26(35-23)30-24-20(6)29-18(4)14-27-24/h7,12-15H,1,5,8-11H2,2-4,6H3,(H,27,28,30). The second-order valence-corrected chi connectivity index (χ2v) is 10.9. The Morgan fingerprint density at radius 3 is 2.46 bits per heavy atom. The van der Waals surface area contributed by atoms with Gasteiger partial charge in [0.2, 0.25) is 0 Å². The third kappa shape index (κ3) is 5.74. The second-order valence-electron chi connectivity index (χ2n) is 8.56. The predicted octanol–water partition coefficient (Wildman–Crippen LogP) is 5.52. The Balaban J connectivity index is 1.47. The number of nitrogens with one attached hydrogen (secondary N) is 1. The number of carbonyl (C=O) groups excluding carboxylic acids is 1. The highest BCUT2D eigenvalue weighted by Gasteiger charge is 2.24. The van der Waals surface area contributed by atoms with Gasteiger partial charge in [0, 0.05) is 42.3 Å². The van der Waals surface area contributed by atoms with Crippen LogP contribution in [0, 0.1) is 27.7 Å². The number of anilines is 2. The molecule has 0 radical (unpaired) electrons. The number of thiazole rings is 1. The molecule has 7 nitrogen and oxygen atoms in total. The van der Waals surface area contributed by atoms with Crippen LogP contribution in [0.4, 0.5) is 10.9 Å². The van der Waals surface area contributed by atoms with Gasteiger partial charge in [0.25, 0.3) is 5.91 Å². The largest absolute Gasteiger partial charge is 0.368 e. The van der Waals surface area contributed by atoms with Crippen LogP contribution >= 0.6 is 23.1 Å². The van der Waals surface area contributed by atoms with Crippen LogP contribution in [-0.2, 0) is 0 Å². The van der Waals surface area contributed by atoms with Crippen LogP contribution in [0.15, 0.2) is 58.6 Å². The van der Waals surface area contributed by atoms with E-state index in [4.69, 9.17) is 0 Å². The summed E-state index contributed by atoms with van der Waals surface area (Å²) in [4.78, 5) is 31.9. The molecule has 0 saturated carbocycles. The summed E-state index contributed by atoms with van der Waals surface area (Å²) in [6, 6.07) is 4.12. The number of nitrogens with zero attached hydrogens (tertiary/aromatic N) is 5. The lowest BCUT2D eigenvalue weighted by Gasteiger charge is -2.36. The number of hydrogen-bond acceptors (Lipinski definition) is 8. The monoisotopic (exact) mass is 506 g/mol. The molecule has 1 aliphatic heterocycles. The van der Waals surface area contributed by atoms with E-state index in [1.165, 1.54) is 0 Å². The van der Waals surface area contributed by atoms with E-state index in [1.807, 2.05) is 37.9 Å². The van der Waals surface area contributed by atoms with E-state index < -0.39 is 0 Å². The summed E-state index contributed by atoms with van der Waals surface area (Å²) >= 11 is 3.18. The van der Waals surface area contributed by atoms with Crippen molar-refractivity contribution in [1.29, 1.82) is 0 Å². The summed E-state index contributed by atoms with van der Waals surface area (Å²) in [5, 5.41) is 4.02. The van der Waals surface area contributed by atoms with Gasteiger partial charge in [-0.05, 0) is 51.0 Å². The van der Waals surface area contributed by atoms with E-state index in [0.29, 0.717) is 18.9 Å². The first-order valence-electron chi connectivity index (χ1n) is 11.4. The van der Waals surface area contributed by atoms with Gasteiger partial charge in [-0.2, -0.15) is 0 Å². The Morgan fingerprint density at radius 2 is 1.77 bits per heavy atom. The van der Waals surface area contributed by atoms with Crippen molar-refractivity contribution in [3.05, 3.63) is 77.5 Å². The summed E-state index contributed by atoms with van der Waals surface area (Å²) < 4.78 is 1.03. The fraction of sp³-hybridized carbons (Fsp3) is 0.308. The molecule has 1 saturated heterocycles. The highest BCUT2D eigenvalue weighted by molar-refractivity contribution is 8.01. The molecule has 182 valence electrons. The molecule has 3 heterocycles. The first kappa shape index (κ1) is 24.9. The molecule has 1 fully saturated rings. The summed E-state index contributed by atoms with van der Waals surface area (Å²) in [5.74, 6) is 0.783. The van der Waals surface area contributed by atoms with Gasteiger partial charge in [-0.25, -0.2) is 9.97 Å². The molecule has 0 atom stereocenters. The minimum Gasteiger partial charge on any atom is -0.368 e. The molecule has 1 amide bonds.